The topological polar surface area (TPSA) is 108 Å². The lowest BCUT2D eigenvalue weighted by Gasteiger charge is -2.19. The lowest BCUT2D eigenvalue weighted by molar-refractivity contribution is -0.164. The SMILES string of the molecule is COS(=O)(=O)NC(=O)P(=O)(OCC(F)(F)F)OCC(F)(F)F. The van der Waals surface area contributed by atoms with Crippen LogP contribution in [-0.4, -0.2) is 46.7 Å². The molecule has 0 saturated carbocycles. The van der Waals surface area contributed by atoms with Crippen molar-refractivity contribution in [3.63, 3.8) is 0 Å². The van der Waals surface area contributed by atoms with Crippen LogP contribution in [0.4, 0.5) is 31.1 Å². The van der Waals surface area contributed by atoms with Crippen LogP contribution in [0.3, 0.4) is 0 Å². The molecule has 0 aliphatic heterocycles. The standard InChI is InChI=1S/C6H8F6NO7PS/c1-18-22(16,17)13-4(14)21(15,19-2-5(7,8)9)20-3-6(10,11)12/h2-3H2,1H3,(H,13,14). The van der Waals surface area contributed by atoms with Crippen LogP contribution in [0.25, 0.3) is 0 Å². The fourth-order valence-corrected chi connectivity index (χ4v) is 2.70. The van der Waals surface area contributed by atoms with Gasteiger partial charge in [0.05, 0.1) is 7.11 Å². The molecule has 1 N–H and O–H groups in total. The van der Waals surface area contributed by atoms with Gasteiger partial charge in [0.1, 0.15) is 0 Å². The van der Waals surface area contributed by atoms with Crippen LogP contribution in [0, 0.1) is 0 Å². The van der Waals surface area contributed by atoms with E-state index >= 15 is 0 Å². The number of alkyl halides is 6. The second-order valence-corrected chi connectivity index (χ2v) is 6.67. The first-order chi connectivity index (χ1) is 9.60. The number of amides is 1. The third-order valence-corrected chi connectivity index (χ3v) is 4.05. The summed E-state index contributed by atoms with van der Waals surface area (Å²) in [6.45, 7) is -4.83. The summed E-state index contributed by atoms with van der Waals surface area (Å²) >= 11 is 0. The molecule has 0 rings (SSSR count). The summed E-state index contributed by atoms with van der Waals surface area (Å²) < 4.78 is 116. The van der Waals surface area contributed by atoms with Gasteiger partial charge in [0, 0.05) is 0 Å². The van der Waals surface area contributed by atoms with Crippen molar-refractivity contribution < 1.29 is 57.4 Å². The van der Waals surface area contributed by atoms with E-state index in [1.165, 1.54) is 0 Å². The maximum atomic E-state index is 11.9. The average molecular weight is 383 g/mol. The van der Waals surface area contributed by atoms with E-state index in [-0.39, 0.29) is 0 Å². The predicted octanol–water partition coefficient (Wildman–Crippen LogP) is 1.94. The van der Waals surface area contributed by atoms with Crippen molar-refractivity contribution in [3.8, 4) is 0 Å². The van der Waals surface area contributed by atoms with Gasteiger partial charge >= 0.3 is 35.9 Å². The summed E-state index contributed by atoms with van der Waals surface area (Å²) in [5, 5.41) is 0. The lowest BCUT2D eigenvalue weighted by atomic mass is 10.7. The van der Waals surface area contributed by atoms with Crippen molar-refractivity contribution in [3.05, 3.63) is 0 Å². The molecule has 0 unspecified atom stereocenters. The van der Waals surface area contributed by atoms with Crippen LogP contribution in [0.5, 0.6) is 0 Å². The normalized spacial score (nSPS) is 14.0. The van der Waals surface area contributed by atoms with Crippen LogP contribution in [0.2, 0.25) is 0 Å². The third kappa shape index (κ3) is 8.53. The quantitative estimate of drug-likeness (QED) is 0.529. The molecule has 0 spiro atoms. The highest BCUT2D eigenvalue weighted by Crippen LogP contribution is 2.51. The Morgan fingerprint density at radius 1 is 1.05 bits per heavy atom. The molecular weight excluding hydrogens is 375 g/mol. The highest BCUT2D eigenvalue weighted by Gasteiger charge is 2.44. The largest absolute Gasteiger partial charge is 0.419 e. The van der Waals surface area contributed by atoms with Crippen molar-refractivity contribution in [2.24, 2.45) is 0 Å². The first-order valence-electron chi connectivity index (χ1n) is 4.76. The van der Waals surface area contributed by atoms with E-state index in [9.17, 15) is 44.1 Å². The van der Waals surface area contributed by atoms with Gasteiger partial charge in [0.15, 0.2) is 13.2 Å². The number of carbonyl (C=O) groups is 1. The van der Waals surface area contributed by atoms with Gasteiger partial charge in [-0.3, -0.25) is 18.0 Å². The molecule has 132 valence electrons. The van der Waals surface area contributed by atoms with Gasteiger partial charge in [-0.05, 0) is 0 Å². The molecule has 0 heterocycles. The molecule has 0 aliphatic carbocycles. The van der Waals surface area contributed by atoms with Crippen molar-refractivity contribution in [1.29, 1.82) is 0 Å². The Labute approximate surface area is 119 Å². The number of rotatable bonds is 7. The Morgan fingerprint density at radius 2 is 1.41 bits per heavy atom. The monoisotopic (exact) mass is 383 g/mol. The Morgan fingerprint density at radius 3 is 1.68 bits per heavy atom. The van der Waals surface area contributed by atoms with E-state index in [1.807, 2.05) is 0 Å². The van der Waals surface area contributed by atoms with Crippen LogP contribution >= 0.6 is 7.60 Å². The van der Waals surface area contributed by atoms with E-state index in [0.29, 0.717) is 7.11 Å². The molecule has 0 aromatic rings. The molecule has 0 aromatic carbocycles. The molecule has 0 fully saturated rings. The van der Waals surface area contributed by atoms with Crippen molar-refractivity contribution in [1.82, 2.24) is 4.72 Å². The summed E-state index contributed by atoms with van der Waals surface area (Å²) in [6, 6.07) is 0. The summed E-state index contributed by atoms with van der Waals surface area (Å²) in [5.74, 6) is 0. The molecule has 16 heteroatoms. The smallest absolute Gasteiger partial charge is 0.292 e. The minimum atomic E-state index is -5.76. The molecular formula is C6H8F6NO7PS. The number of hydrogen-bond acceptors (Lipinski definition) is 7. The second-order valence-electron chi connectivity index (χ2n) is 3.30. The summed E-state index contributed by atoms with van der Waals surface area (Å²) in [5.41, 5.74) is -2.37. The molecule has 0 aliphatic rings. The summed E-state index contributed by atoms with van der Waals surface area (Å²) in [6.07, 6.45) is -10.3. The van der Waals surface area contributed by atoms with Gasteiger partial charge in [0.25, 0.3) is 0 Å². The number of halogens is 6. The molecule has 0 radical (unpaired) electrons. The average Bonchev–Trinajstić information content (AvgIpc) is 2.31. The van der Waals surface area contributed by atoms with E-state index < -0.39 is 49.1 Å². The van der Waals surface area contributed by atoms with Crippen LogP contribution < -0.4 is 4.72 Å². The predicted molar refractivity (Wildman–Crippen MR) is 56.1 cm³/mol. The van der Waals surface area contributed by atoms with Gasteiger partial charge < -0.3 is 0 Å². The summed E-state index contributed by atoms with van der Waals surface area (Å²) in [7, 11) is -10.2. The molecule has 0 bridgehead atoms. The zero-order chi connectivity index (χ0) is 17.8. The number of nitrogens with one attached hydrogen (secondary N) is 1. The first kappa shape index (κ1) is 21.1. The highest BCUT2D eigenvalue weighted by molar-refractivity contribution is 7.87. The molecule has 8 nitrogen and oxygen atoms in total. The van der Waals surface area contributed by atoms with E-state index in [4.69, 9.17) is 0 Å². The highest BCUT2D eigenvalue weighted by atomic mass is 32.2. The zero-order valence-electron chi connectivity index (χ0n) is 10.4. The lowest BCUT2D eigenvalue weighted by Crippen LogP contribution is -2.32. The van der Waals surface area contributed by atoms with Crippen LogP contribution in [0.1, 0.15) is 0 Å². The van der Waals surface area contributed by atoms with E-state index in [2.05, 4.69) is 13.2 Å². The molecule has 1 amide bonds. The van der Waals surface area contributed by atoms with Crippen LogP contribution in [-0.2, 0) is 28.1 Å². The fraction of sp³-hybridized carbons (Fsp3) is 0.833. The second kappa shape index (κ2) is 7.12. The Balaban J connectivity index is 5.23. The molecule has 22 heavy (non-hydrogen) atoms. The van der Waals surface area contributed by atoms with Crippen molar-refractivity contribution in [2.45, 2.75) is 12.4 Å². The summed E-state index contributed by atoms with van der Waals surface area (Å²) in [4.78, 5) is 11.3. The van der Waals surface area contributed by atoms with Gasteiger partial charge in [-0.25, -0.2) is 9.29 Å². The van der Waals surface area contributed by atoms with E-state index in [1.54, 1.807) is 0 Å². The number of carbonyl (C=O) groups excluding carboxylic acids is 1. The fourth-order valence-electron chi connectivity index (χ4n) is 0.675. The molecule has 0 aromatic heterocycles. The van der Waals surface area contributed by atoms with Gasteiger partial charge in [-0.15, -0.1) is 0 Å². The van der Waals surface area contributed by atoms with Crippen molar-refractivity contribution >= 4 is 23.5 Å². The minimum Gasteiger partial charge on any atom is -0.292 e. The van der Waals surface area contributed by atoms with Gasteiger partial charge in [-0.1, -0.05) is 0 Å². The zero-order valence-corrected chi connectivity index (χ0v) is 12.1. The van der Waals surface area contributed by atoms with Gasteiger partial charge in [-0.2, -0.15) is 34.8 Å². The minimum absolute atomic E-state index is 0.508. The molecule has 0 saturated heterocycles. The molecule has 0 atom stereocenters. The maximum Gasteiger partial charge on any atom is 0.419 e. The van der Waals surface area contributed by atoms with Gasteiger partial charge in [0.2, 0.25) is 0 Å². The maximum absolute atomic E-state index is 11.9. The van der Waals surface area contributed by atoms with Crippen LogP contribution in [0.15, 0.2) is 0 Å². The van der Waals surface area contributed by atoms with E-state index in [0.717, 1.165) is 4.72 Å². The Kier molecular flexibility index (Phi) is 6.83. The first-order valence-corrected chi connectivity index (χ1v) is 7.71. The third-order valence-electron chi connectivity index (χ3n) is 1.48. The Bertz CT molecular complexity index is 521. The Hall–Kier alpha value is -0.890. The van der Waals surface area contributed by atoms with Crippen molar-refractivity contribution in [2.75, 3.05) is 20.3 Å². The number of hydrogen-bond donors (Lipinski definition) is 1.